The van der Waals surface area contributed by atoms with Crippen LogP contribution >= 0.6 is 11.3 Å². The maximum absolute atomic E-state index is 5.52. The van der Waals surface area contributed by atoms with Crippen LogP contribution in [0.5, 0.6) is 5.75 Å². The maximum Gasteiger partial charge on any atom is 0.146 e. The van der Waals surface area contributed by atoms with Crippen LogP contribution in [0.1, 0.15) is 11.9 Å². The van der Waals surface area contributed by atoms with E-state index in [0.717, 1.165) is 22.7 Å². The number of hydrogen-bond acceptors (Lipinski definition) is 4. The third-order valence-electron chi connectivity index (χ3n) is 2.08. The second-order valence-electron chi connectivity index (χ2n) is 3.18. The van der Waals surface area contributed by atoms with Crippen molar-refractivity contribution >= 4 is 21.6 Å². The highest BCUT2D eigenvalue weighted by Gasteiger charge is 2.07. The van der Waals surface area contributed by atoms with Crippen LogP contribution in [0.25, 0.3) is 10.2 Å². The zero-order valence-electron chi connectivity index (χ0n) is 8.69. The van der Waals surface area contributed by atoms with Gasteiger partial charge in [0.15, 0.2) is 0 Å². The van der Waals surface area contributed by atoms with E-state index in [1.807, 2.05) is 19.1 Å². The largest absolute Gasteiger partial charge is 0.492 e. The summed E-state index contributed by atoms with van der Waals surface area (Å²) in [6.45, 7) is 3.29. The van der Waals surface area contributed by atoms with E-state index in [2.05, 4.69) is 11.1 Å². The molecule has 0 saturated carbocycles. The molecule has 0 amide bonds. The number of hydrogen-bond donors (Lipinski definition) is 1. The highest BCUT2D eigenvalue weighted by Crippen LogP contribution is 2.29. The van der Waals surface area contributed by atoms with Crippen molar-refractivity contribution in [2.75, 3.05) is 13.2 Å². The van der Waals surface area contributed by atoms with Crippen molar-refractivity contribution < 1.29 is 4.74 Å². The molecule has 2 rings (SSSR count). The van der Waals surface area contributed by atoms with Gasteiger partial charge >= 0.3 is 0 Å². The molecule has 0 spiro atoms. The summed E-state index contributed by atoms with van der Waals surface area (Å²) in [5.74, 6) is 0.870. The first-order valence-electron chi connectivity index (χ1n) is 5.06. The molecule has 3 nitrogen and oxygen atoms in total. The summed E-state index contributed by atoms with van der Waals surface area (Å²) >= 11 is 1.69. The Morgan fingerprint density at radius 3 is 3.07 bits per heavy atom. The lowest BCUT2D eigenvalue weighted by atomic mass is 10.3. The molecule has 80 valence electrons. The van der Waals surface area contributed by atoms with Crippen LogP contribution in [-0.2, 0) is 6.42 Å². The van der Waals surface area contributed by atoms with E-state index in [4.69, 9.17) is 10.5 Å². The van der Waals surface area contributed by atoms with Gasteiger partial charge in [-0.25, -0.2) is 4.98 Å². The Morgan fingerprint density at radius 1 is 1.47 bits per heavy atom. The molecule has 1 heterocycles. The SMILES string of the molecule is CCOc1cccc2sc(CCN)nc12. The highest BCUT2D eigenvalue weighted by atomic mass is 32.1. The normalized spacial score (nSPS) is 10.8. The van der Waals surface area contributed by atoms with Crippen LogP contribution in [0.2, 0.25) is 0 Å². The van der Waals surface area contributed by atoms with Crippen molar-refractivity contribution in [1.82, 2.24) is 4.98 Å². The number of benzene rings is 1. The summed E-state index contributed by atoms with van der Waals surface area (Å²) in [7, 11) is 0. The van der Waals surface area contributed by atoms with E-state index < -0.39 is 0 Å². The number of nitrogens with two attached hydrogens (primary N) is 1. The molecule has 0 aliphatic rings. The van der Waals surface area contributed by atoms with Crippen LogP contribution in [-0.4, -0.2) is 18.1 Å². The van der Waals surface area contributed by atoms with Crippen molar-refractivity contribution in [1.29, 1.82) is 0 Å². The summed E-state index contributed by atoms with van der Waals surface area (Å²) in [5, 5.41) is 1.08. The van der Waals surface area contributed by atoms with Crippen LogP contribution < -0.4 is 10.5 Å². The molecule has 0 saturated heterocycles. The van der Waals surface area contributed by atoms with E-state index >= 15 is 0 Å². The van der Waals surface area contributed by atoms with Crippen molar-refractivity contribution in [3.8, 4) is 5.75 Å². The van der Waals surface area contributed by atoms with E-state index in [1.54, 1.807) is 11.3 Å². The molecule has 0 bridgehead atoms. The van der Waals surface area contributed by atoms with E-state index in [-0.39, 0.29) is 0 Å². The topological polar surface area (TPSA) is 48.1 Å². The van der Waals surface area contributed by atoms with E-state index in [1.165, 1.54) is 4.70 Å². The average molecular weight is 222 g/mol. The van der Waals surface area contributed by atoms with Crippen LogP contribution in [0.3, 0.4) is 0 Å². The number of thiazole rings is 1. The molecule has 0 fully saturated rings. The van der Waals surface area contributed by atoms with Gasteiger partial charge in [-0.05, 0) is 25.6 Å². The lowest BCUT2D eigenvalue weighted by molar-refractivity contribution is 0.343. The Hall–Kier alpha value is -1.13. The summed E-state index contributed by atoms with van der Waals surface area (Å²) in [6, 6.07) is 6.02. The Morgan fingerprint density at radius 2 is 2.33 bits per heavy atom. The number of fused-ring (bicyclic) bond motifs is 1. The third-order valence-corrected chi connectivity index (χ3v) is 3.16. The fourth-order valence-electron chi connectivity index (χ4n) is 1.47. The van der Waals surface area contributed by atoms with Crippen LogP contribution in [0.15, 0.2) is 18.2 Å². The second-order valence-corrected chi connectivity index (χ2v) is 4.30. The molecule has 0 unspecified atom stereocenters. The van der Waals surface area contributed by atoms with E-state index in [9.17, 15) is 0 Å². The fraction of sp³-hybridized carbons (Fsp3) is 0.364. The average Bonchev–Trinajstić information content (AvgIpc) is 2.62. The zero-order chi connectivity index (χ0) is 10.7. The zero-order valence-corrected chi connectivity index (χ0v) is 9.51. The third kappa shape index (κ3) is 2.11. The first kappa shape index (κ1) is 10.4. The smallest absolute Gasteiger partial charge is 0.146 e. The molecular formula is C11H14N2OS. The molecule has 1 aromatic carbocycles. The van der Waals surface area contributed by atoms with Crippen molar-refractivity contribution in [2.45, 2.75) is 13.3 Å². The Kier molecular flexibility index (Phi) is 3.18. The molecule has 4 heteroatoms. The fourth-order valence-corrected chi connectivity index (χ4v) is 2.47. The number of ether oxygens (including phenoxy) is 1. The molecular weight excluding hydrogens is 208 g/mol. The van der Waals surface area contributed by atoms with Gasteiger partial charge in [-0.1, -0.05) is 6.07 Å². The van der Waals surface area contributed by atoms with Gasteiger partial charge in [0.25, 0.3) is 0 Å². The van der Waals surface area contributed by atoms with Gasteiger partial charge in [0.05, 0.1) is 16.3 Å². The minimum absolute atomic E-state index is 0.643. The van der Waals surface area contributed by atoms with E-state index in [0.29, 0.717) is 13.2 Å². The molecule has 15 heavy (non-hydrogen) atoms. The van der Waals surface area contributed by atoms with Gasteiger partial charge in [0, 0.05) is 6.42 Å². The lowest BCUT2D eigenvalue weighted by Crippen LogP contribution is -2.01. The highest BCUT2D eigenvalue weighted by molar-refractivity contribution is 7.18. The quantitative estimate of drug-likeness (QED) is 0.862. The van der Waals surface area contributed by atoms with Gasteiger partial charge in [-0.15, -0.1) is 11.3 Å². The predicted octanol–water partition coefficient (Wildman–Crippen LogP) is 2.20. The minimum Gasteiger partial charge on any atom is -0.492 e. The number of aromatic nitrogens is 1. The maximum atomic E-state index is 5.52. The van der Waals surface area contributed by atoms with Gasteiger partial charge in [0.1, 0.15) is 11.3 Å². The van der Waals surface area contributed by atoms with Crippen molar-refractivity contribution in [3.05, 3.63) is 23.2 Å². The molecule has 0 aliphatic heterocycles. The van der Waals surface area contributed by atoms with Crippen molar-refractivity contribution in [3.63, 3.8) is 0 Å². The summed E-state index contributed by atoms with van der Waals surface area (Å²) in [6.07, 6.45) is 0.838. The van der Waals surface area contributed by atoms with Gasteiger partial charge in [-0.2, -0.15) is 0 Å². The number of rotatable bonds is 4. The van der Waals surface area contributed by atoms with Crippen molar-refractivity contribution in [2.24, 2.45) is 5.73 Å². The van der Waals surface area contributed by atoms with Crippen LogP contribution in [0.4, 0.5) is 0 Å². The summed E-state index contributed by atoms with van der Waals surface area (Å²) < 4.78 is 6.69. The predicted molar refractivity (Wildman–Crippen MR) is 63.5 cm³/mol. The van der Waals surface area contributed by atoms with Crippen LogP contribution in [0, 0.1) is 0 Å². The molecule has 0 radical (unpaired) electrons. The standard InChI is InChI=1S/C11H14N2OS/c1-2-14-8-4-3-5-9-11(8)13-10(15-9)6-7-12/h3-5H,2,6-7,12H2,1H3. The monoisotopic (exact) mass is 222 g/mol. The molecule has 1 aromatic heterocycles. The number of nitrogens with zero attached hydrogens (tertiary/aromatic N) is 1. The molecule has 2 N–H and O–H groups in total. The Balaban J connectivity index is 2.44. The number of para-hydroxylation sites is 1. The van der Waals surface area contributed by atoms with Gasteiger partial charge in [0.2, 0.25) is 0 Å². The Labute approximate surface area is 92.9 Å². The Bertz CT molecular complexity index is 453. The van der Waals surface area contributed by atoms with Gasteiger partial charge in [-0.3, -0.25) is 0 Å². The molecule has 0 aliphatic carbocycles. The first-order chi connectivity index (χ1) is 7.35. The summed E-state index contributed by atoms with van der Waals surface area (Å²) in [4.78, 5) is 4.53. The first-order valence-corrected chi connectivity index (χ1v) is 5.88. The molecule has 0 atom stereocenters. The minimum atomic E-state index is 0.643. The molecule has 2 aromatic rings. The lowest BCUT2D eigenvalue weighted by Gasteiger charge is -2.01. The van der Waals surface area contributed by atoms with Gasteiger partial charge < -0.3 is 10.5 Å². The second kappa shape index (κ2) is 4.59. The summed E-state index contributed by atoms with van der Waals surface area (Å²) in [5.41, 5.74) is 6.48.